The predicted molar refractivity (Wildman–Crippen MR) is 92.8 cm³/mol. The van der Waals surface area contributed by atoms with E-state index in [-0.39, 0.29) is 6.04 Å². The number of nitrogens with zero attached hydrogens (tertiary/aromatic N) is 3. The van der Waals surface area contributed by atoms with Gasteiger partial charge in [-0.05, 0) is 22.8 Å². The minimum atomic E-state index is -1.42. The first kappa shape index (κ1) is 15.2. The van der Waals surface area contributed by atoms with Gasteiger partial charge >= 0.3 is 0 Å². The molecule has 0 aliphatic carbocycles. The van der Waals surface area contributed by atoms with Crippen LogP contribution in [0.5, 0.6) is 0 Å². The van der Waals surface area contributed by atoms with E-state index in [0.29, 0.717) is 0 Å². The molecule has 0 spiro atoms. The number of fused-ring (bicyclic) bond motifs is 3. The molecule has 0 saturated carbocycles. The van der Waals surface area contributed by atoms with Crippen LogP contribution in [-0.4, -0.2) is 16.7 Å². The lowest BCUT2D eigenvalue weighted by Crippen LogP contribution is -2.43. The molecule has 2 aliphatic rings. The fourth-order valence-corrected chi connectivity index (χ4v) is 4.24. The highest BCUT2D eigenvalue weighted by Crippen LogP contribution is 2.56. The standard InChI is InChI=1S/C21H15N3O/c22-13-21(14-23)19(16-7-2-1-3-8-16)18(12-25)20-17-9-5-4-6-15(17)10-11-24(20)21/h1-12,18-20H/t18-,19-,20+/m1/s1. The van der Waals surface area contributed by atoms with Crippen molar-refractivity contribution in [2.45, 2.75) is 17.5 Å². The number of nitriles is 2. The highest BCUT2D eigenvalue weighted by molar-refractivity contribution is 5.68. The largest absolute Gasteiger partial charge is 0.340 e. The Hall–Kier alpha value is -3.37. The van der Waals surface area contributed by atoms with E-state index in [1.807, 2.05) is 60.7 Å². The summed E-state index contributed by atoms with van der Waals surface area (Å²) in [5.74, 6) is -0.991. The third kappa shape index (κ3) is 1.95. The van der Waals surface area contributed by atoms with Gasteiger partial charge in [0.15, 0.2) is 0 Å². The monoisotopic (exact) mass is 325 g/mol. The maximum absolute atomic E-state index is 12.1. The van der Waals surface area contributed by atoms with Crippen molar-refractivity contribution >= 4 is 12.4 Å². The molecule has 0 radical (unpaired) electrons. The number of hydrogen-bond donors (Lipinski definition) is 0. The summed E-state index contributed by atoms with van der Waals surface area (Å²) in [6.45, 7) is 0. The Kier molecular flexibility index (Phi) is 3.41. The Bertz CT molecular complexity index is 922. The van der Waals surface area contributed by atoms with E-state index in [1.54, 1.807) is 11.1 Å². The lowest BCUT2D eigenvalue weighted by Gasteiger charge is -2.35. The topological polar surface area (TPSA) is 67.9 Å². The number of carbonyl (C=O) groups excluding carboxylic acids is 1. The lowest BCUT2D eigenvalue weighted by molar-refractivity contribution is -0.112. The summed E-state index contributed by atoms with van der Waals surface area (Å²) < 4.78 is 0. The SMILES string of the molecule is N#CC1(C#N)[C@H](c2ccccc2)[C@@H](C=O)[C@@H]2c3ccccc3C=CN21. The summed E-state index contributed by atoms with van der Waals surface area (Å²) in [7, 11) is 0. The third-order valence-corrected chi connectivity index (χ3v) is 5.29. The molecule has 120 valence electrons. The summed E-state index contributed by atoms with van der Waals surface area (Å²) in [4.78, 5) is 13.9. The quantitative estimate of drug-likeness (QED) is 0.794. The second-order valence-corrected chi connectivity index (χ2v) is 6.39. The van der Waals surface area contributed by atoms with Crippen LogP contribution in [0.1, 0.15) is 28.7 Å². The zero-order chi connectivity index (χ0) is 17.4. The molecule has 4 rings (SSSR count). The molecular weight excluding hydrogens is 310 g/mol. The van der Waals surface area contributed by atoms with Crippen LogP contribution < -0.4 is 0 Å². The number of carbonyl (C=O) groups is 1. The molecule has 4 nitrogen and oxygen atoms in total. The van der Waals surface area contributed by atoms with Gasteiger partial charge in [-0.2, -0.15) is 10.5 Å². The Morgan fingerprint density at radius 3 is 2.36 bits per heavy atom. The maximum Gasteiger partial charge on any atom is 0.222 e. The molecule has 2 aromatic carbocycles. The van der Waals surface area contributed by atoms with Crippen LogP contribution >= 0.6 is 0 Å². The van der Waals surface area contributed by atoms with E-state index in [4.69, 9.17) is 0 Å². The van der Waals surface area contributed by atoms with Crippen molar-refractivity contribution in [3.63, 3.8) is 0 Å². The van der Waals surface area contributed by atoms with E-state index >= 15 is 0 Å². The zero-order valence-electron chi connectivity index (χ0n) is 13.4. The van der Waals surface area contributed by atoms with Gasteiger partial charge in [0.25, 0.3) is 0 Å². The van der Waals surface area contributed by atoms with Gasteiger partial charge in [0.1, 0.15) is 18.4 Å². The first-order valence-corrected chi connectivity index (χ1v) is 8.15. The highest BCUT2D eigenvalue weighted by Gasteiger charge is 2.61. The highest BCUT2D eigenvalue weighted by atomic mass is 16.1. The molecule has 2 aromatic rings. The number of hydrogen-bond acceptors (Lipinski definition) is 4. The molecule has 2 heterocycles. The van der Waals surface area contributed by atoms with E-state index in [1.165, 1.54) is 0 Å². The van der Waals surface area contributed by atoms with Crippen molar-refractivity contribution in [3.8, 4) is 12.1 Å². The second kappa shape index (κ2) is 5.61. The smallest absolute Gasteiger partial charge is 0.222 e. The molecular formula is C21H15N3O. The van der Waals surface area contributed by atoms with Crippen LogP contribution in [-0.2, 0) is 4.79 Å². The van der Waals surface area contributed by atoms with Gasteiger partial charge < -0.3 is 9.69 Å². The molecule has 1 saturated heterocycles. The van der Waals surface area contributed by atoms with Crippen molar-refractivity contribution < 1.29 is 4.79 Å². The van der Waals surface area contributed by atoms with Gasteiger partial charge in [0, 0.05) is 12.1 Å². The molecule has 4 heteroatoms. The van der Waals surface area contributed by atoms with Gasteiger partial charge in [-0.15, -0.1) is 0 Å². The van der Waals surface area contributed by atoms with Crippen molar-refractivity contribution in [3.05, 3.63) is 77.5 Å². The summed E-state index contributed by atoms with van der Waals surface area (Å²) in [6, 6.07) is 21.4. The average molecular weight is 325 g/mol. The van der Waals surface area contributed by atoms with Crippen molar-refractivity contribution in [2.24, 2.45) is 5.92 Å². The fourth-order valence-electron chi connectivity index (χ4n) is 4.24. The summed E-state index contributed by atoms with van der Waals surface area (Å²) in [5, 5.41) is 20.0. The molecule has 0 amide bonds. The maximum atomic E-state index is 12.1. The summed E-state index contributed by atoms with van der Waals surface area (Å²) in [6.07, 6.45) is 4.60. The Morgan fingerprint density at radius 1 is 1.00 bits per heavy atom. The van der Waals surface area contributed by atoms with Gasteiger partial charge in [0.05, 0.1) is 12.0 Å². The molecule has 2 aliphatic heterocycles. The first-order chi connectivity index (χ1) is 12.3. The molecule has 1 fully saturated rings. The van der Waals surface area contributed by atoms with Gasteiger partial charge in [-0.25, -0.2) is 0 Å². The van der Waals surface area contributed by atoms with E-state index in [0.717, 1.165) is 23.0 Å². The van der Waals surface area contributed by atoms with Crippen LogP contribution in [0.4, 0.5) is 0 Å². The number of benzene rings is 2. The normalized spacial score (nSPS) is 25.4. The molecule has 0 N–H and O–H groups in total. The number of aldehydes is 1. The summed E-state index contributed by atoms with van der Waals surface area (Å²) in [5.41, 5.74) is 1.43. The molecule has 0 bridgehead atoms. The lowest BCUT2D eigenvalue weighted by atomic mass is 9.75. The van der Waals surface area contributed by atoms with Crippen molar-refractivity contribution in [2.75, 3.05) is 0 Å². The molecule has 25 heavy (non-hydrogen) atoms. The van der Waals surface area contributed by atoms with Crippen LogP contribution in [0.25, 0.3) is 6.08 Å². The van der Waals surface area contributed by atoms with Crippen LogP contribution in [0.2, 0.25) is 0 Å². The molecule has 0 aromatic heterocycles. The van der Waals surface area contributed by atoms with Gasteiger partial charge in [-0.3, -0.25) is 0 Å². The van der Waals surface area contributed by atoms with Crippen LogP contribution in [0, 0.1) is 28.6 Å². The fraction of sp³-hybridized carbons (Fsp3) is 0.190. The Morgan fingerprint density at radius 2 is 1.68 bits per heavy atom. The second-order valence-electron chi connectivity index (χ2n) is 6.39. The Labute approximate surface area is 146 Å². The minimum Gasteiger partial charge on any atom is -0.340 e. The van der Waals surface area contributed by atoms with Crippen LogP contribution in [0.15, 0.2) is 60.8 Å². The molecule has 3 atom stereocenters. The minimum absolute atomic E-state index is 0.316. The first-order valence-electron chi connectivity index (χ1n) is 8.15. The predicted octanol–water partition coefficient (Wildman–Crippen LogP) is 3.41. The van der Waals surface area contributed by atoms with Gasteiger partial charge in [0.2, 0.25) is 5.54 Å². The average Bonchev–Trinajstić information content (AvgIpc) is 2.99. The Balaban J connectivity index is 1.98. The zero-order valence-corrected chi connectivity index (χ0v) is 13.4. The van der Waals surface area contributed by atoms with Crippen molar-refractivity contribution in [1.82, 2.24) is 4.90 Å². The third-order valence-electron chi connectivity index (χ3n) is 5.29. The van der Waals surface area contributed by atoms with E-state index in [2.05, 4.69) is 12.1 Å². The van der Waals surface area contributed by atoms with Crippen molar-refractivity contribution in [1.29, 1.82) is 10.5 Å². The summed E-state index contributed by atoms with van der Waals surface area (Å²) >= 11 is 0. The molecule has 0 unspecified atom stereocenters. The number of rotatable bonds is 2. The van der Waals surface area contributed by atoms with Crippen LogP contribution in [0.3, 0.4) is 0 Å². The van der Waals surface area contributed by atoms with E-state index in [9.17, 15) is 15.3 Å². The van der Waals surface area contributed by atoms with E-state index < -0.39 is 17.4 Å². The van der Waals surface area contributed by atoms with Gasteiger partial charge in [-0.1, -0.05) is 54.6 Å².